The maximum absolute atomic E-state index is 2.44. The lowest BCUT2D eigenvalue weighted by atomic mass is 9.96. The molecule has 0 bridgehead atoms. The highest BCUT2D eigenvalue weighted by Gasteiger charge is 2.19. The van der Waals surface area contributed by atoms with Gasteiger partial charge in [0.25, 0.3) is 0 Å². The van der Waals surface area contributed by atoms with Crippen LogP contribution in [0, 0.1) is 0 Å². The molecule has 78 heavy (non-hydrogen) atoms. The zero-order valence-corrected chi connectivity index (χ0v) is 45.6. The number of allylic oxidation sites excluding steroid dienone is 4. The maximum Gasteiger partial charge on any atom is 0.0620 e. The zero-order valence-electron chi connectivity index (χ0n) is 45.6. The van der Waals surface area contributed by atoms with Crippen LogP contribution in [0.25, 0.3) is 105 Å². The van der Waals surface area contributed by atoms with E-state index in [2.05, 4.69) is 276 Å². The molecule has 0 radical (unpaired) electrons. The van der Waals surface area contributed by atoms with Crippen molar-refractivity contribution >= 4 is 55.2 Å². The Hall–Kier alpha value is -9.50. The minimum Gasteiger partial charge on any atom is -0.311 e. The minimum atomic E-state index is 1.10. The highest BCUT2D eigenvalue weighted by atomic mass is 15.1. The van der Waals surface area contributed by atoms with Crippen LogP contribution < -0.4 is 4.90 Å². The first-order valence-electron chi connectivity index (χ1n) is 27.4. The molecule has 0 unspecified atom stereocenters. The predicted octanol–water partition coefficient (Wildman–Crippen LogP) is 22.5. The van der Waals surface area contributed by atoms with Crippen LogP contribution in [-0.2, 0) is 0 Å². The summed E-state index contributed by atoms with van der Waals surface area (Å²) in [6.07, 6.45) is 8.00. The molecule has 13 aromatic rings. The molecule has 0 aliphatic carbocycles. The van der Waals surface area contributed by atoms with E-state index in [-0.39, 0.29) is 0 Å². The van der Waals surface area contributed by atoms with Crippen LogP contribution >= 0.6 is 0 Å². The molecule has 2 nitrogen and oxygen atoms in total. The standard InChI is InChI=1S/C66H44N2.2C4H8.C2H6/c1-3-11-45(12-4-1)47-19-21-50(22-20-47)53-33-39-58(40-34-53)67(57-37-31-52(32-38-57)46-13-5-2-6-14-46)59-41-35-54(36-42-59)51-25-23-48(24-26-51)49-27-29-55(30-28-49)56-43-62-60-15-7-9-17-64(60)68-65-18-10-8-16-61(65)63(44-56)66(62)68;2*1-3-4-2;1-2/h1-44H;2*3-4H,1-2H3;1-2H3/b;2*4-3-;. The fourth-order valence-electron chi connectivity index (χ4n) is 10.3. The van der Waals surface area contributed by atoms with Gasteiger partial charge in [-0.05, 0) is 155 Å². The largest absolute Gasteiger partial charge is 0.311 e. The first-order valence-corrected chi connectivity index (χ1v) is 27.4. The average molecular weight is 1010 g/mol. The molecule has 0 saturated carbocycles. The summed E-state index contributed by atoms with van der Waals surface area (Å²) in [5.41, 5.74) is 21.6. The smallest absolute Gasteiger partial charge is 0.0620 e. The first kappa shape index (κ1) is 52.0. The number of nitrogens with zero attached hydrogens (tertiary/aromatic N) is 2. The molecule has 2 aromatic heterocycles. The third kappa shape index (κ3) is 10.8. The Kier molecular flexibility index (Phi) is 16.3. The van der Waals surface area contributed by atoms with E-state index >= 15 is 0 Å². The highest BCUT2D eigenvalue weighted by Crippen LogP contribution is 2.43. The number of anilines is 3. The molecule has 0 fully saturated rings. The van der Waals surface area contributed by atoms with Crippen LogP contribution in [0.4, 0.5) is 17.1 Å². The Morgan fingerprint density at radius 3 is 0.756 bits per heavy atom. The first-order chi connectivity index (χ1) is 38.5. The van der Waals surface area contributed by atoms with E-state index in [1.807, 2.05) is 65.8 Å². The molecule has 11 aromatic carbocycles. The van der Waals surface area contributed by atoms with Gasteiger partial charge in [-0.15, -0.1) is 0 Å². The molecule has 13 rings (SSSR count). The summed E-state index contributed by atoms with van der Waals surface area (Å²) in [5, 5.41) is 5.20. The van der Waals surface area contributed by atoms with Crippen LogP contribution in [0.2, 0.25) is 0 Å². The summed E-state index contributed by atoms with van der Waals surface area (Å²) >= 11 is 0. The van der Waals surface area contributed by atoms with Gasteiger partial charge in [-0.3, -0.25) is 0 Å². The van der Waals surface area contributed by atoms with Gasteiger partial charge in [0.05, 0.1) is 16.6 Å². The van der Waals surface area contributed by atoms with Crippen molar-refractivity contribution in [1.29, 1.82) is 0 Å². The van der Waals surface area contributed by atoms with E-state index in [0.717, 1.165) is 17.1 Å². The number of benzene rings is 11. The normalized spacial score (nSPS) is 11.1. The molecule has 0 aliphatic rings. The van der Waals surface area contributed by atoms with E-state index < -0.39 is 0 Å². The molecule has 2 heteroatoms. The summed E-state index contributed by atoms with van der Waals surface area (Å²) in [7, 11) is 0. The van der Waals surface area contributed by atoms with Gasteiger partial charge >= 0.3 is 0 Å². The summed E-state index contributed by atoms with van der Waals surface area (Å²) in [6.45, 7) is 12.0. The molecule has 0 atom stereocenters. The zero-order chi connectivity index (χ0) is 53.8. The van der Waals surface area contributed by atoms with Crippen LogP contribution in [0.15, 0.2) is 291 Å². The molecular formula is C76H66N2. The van der Waals surface area contributed by atoms with Crippen molar-refractivity contribution in [2.45, 2.75) is 41.5 Å². The van der Waals surface area contributed by atoms with Crippen molar-refractivity contribution in [3.8, 4) is 66.8 Å². The van der Waals surface area contributed by atoms with Crippen LogP contribution in [0.5, 0.6) is 0 Å². The number of para-hydroxylation sites is 2. The highest BCUT2D eigenvalue weighted by molar-refractivity contribution is 6.24. The fourth-order valence-corrected chi connectivity index (χ4v) is 10.3. The minimum absolute atomic E-state index is 1.10. The quantitative estimate of drug-likeness (QED) is 0.131. The number of hydrogen-bond acceptors (Lipinski definition) is 1. The Bertz CT molecular complexity index is 3950. The maximum atomic E-state index is 2.44. The van der Waals surface area contributed by atoms with Crippen molar-refractivity contribution in [1.82, 2.24) is 4.40 Å². The Morgan fingerprint density at radius 1 is 0.244 bits per heavy atom. The average Bonchev–Trinajstić information content (AvgIpc) is 4.13. The van der Waals surface area contributed by atoms with Crippen molar-refractivity contribution in [2.75, 3.05) is 4.90 Å². The number of fused-ring (bicyclic) bond motifs is 6. The van der Waals surface area contributed by atoms with E-state index in [0.29, 0.717) is 0 Å². The van der Waals surface area contributed by atoms with Gasteiger partial charge in [0.15, 0.2) is 0 Å². The van der Waals surface area contributed by atoms with Gasteiger partial charge in [0.1, 0.15) is 0 Å². The monoisotopic (exact) mass is 1010 g/mol. The van der Waals surface area contributed by atoms with Gasteiger partial charge < -0.3 is 9.30 Å². The second-order valence-electron chi connectivity index (χ2n) is 19.1. The van der Waals surface area contributed by atoms with Crippen molar-refractivity contribution in [3.63, 3.8) is 0 Å². The molecule has 0 amide bonds. The molecular weight excluding hydrogens is 941 g/mol. The molecule has 0 spiro atoms. The van der Waals surface area contributed by atoms with Gasteiger partial charge in [0.2, 0.25) is 0 Å². The Morgan fingerprint density at radius 2 is 0.474 bits per heavy atom. The van der Waals surface area contributed by atoms with Crippen molar-refractivity contribution < 1.29 is 0 Å². The summed E-state index contributed by atoms with van der Waals surface area (Å²) in [5.74, 6) is 0. The second kappa shape index (κ2) is 24.4. The van der Waals surface area contributed by atoms with Crippen LogP contribution in [-0.4, -0.2) is 4.40 Å². The molecule has 2 heterocycles. The molecule has 0 N–H and O–H groups in total. The van der Waals surface area contributed by atoms with Crippen molar-refractivity contribution in [3.05, 3.63) is 291 Å². The van der Waals surface area contributed by atoms with Crippen LogP contribution in [0.1, 0.15) is 41.5 Å². The van der Waals surface area contributed by atoms with E-state index in [1.165, 1.54) is 105 Å². The van der Waals surface area contributed by atoms with Gasteiger partial charge in [-0.25, -0.2) is 0 Å². The Balaban J connectivity index is 0.000000640. The number of aromatic nitrogens is 1. The SMILES string of the molecule is C/C=C\C.C/C=C\C.CC.c1ccc(-c2ccc(-c3ccc(N(c4ccc(-c5ccccc5)cc4)c4ccc(-c5ccc(-c6ccc(-c7cc8c9ccccc9n9c%10ccccc%10c(c7)c89)cc6)cc5)cc4)cc3)cc2)cc1. The third-order valence-electron chi connectivity index (χ3n) is 14.4. The van der Waals surface area contributed by atoms with E-state index in [4.69, 9.17) is 0 Å². The molecule has 0 aliphatic heterocycles. The Labute approximate surface area is 461 Å². The molecule has 380 valence electrons. The topological polar surface area (TPSA) is 7.65 Å². The van der Waals surface area contributed by atoms with E-state index in [1.54, 1.807) is 0 Å². The summed E-state index contributed by atoms with van der Waals surface area (Å²) in [6, 6.07) is 97.1. The molecule has 0 saturated heterocycles. The summed E-state index contributed by atoms with van der Waals surface area (Å²) < 4.78 is 2.44. The third-order valence-corrected chi connectivity index (χ3v) is 14.4. The van der Waals surface area contributed by atoms with E-state index in [9.17, 15) is 0 Å². The second-order valence-corrected chi connectivity index (χ2v) is 19.1. The van der Waals surface area contributed by atoms with Gasteiger partial charge in [-0.2, -0.15) is 0 Å². The van der Waals surface area contributed by atoms with Gasteiger partial charge in [-0.1, -0.05) is 244 Å². The summed E-state index contributed by atoms with van der Waals surface area (Å²) in [4.78, 5) is 2.34. The lowest BCUT2D eigenvalue weighted by Gasteiger charge is -2.26. The lowest BCUT2D eigenvalue weighted by molar-refractivity contribution is 1.28. The lowest BCUT2D eigenvalue weighted by Crippen LogP contribution is -2.09. The van der Waals surface area contributed by atoms with Crippen molar-refractivity contribution in [2.24, 2.45) is 0 Å². The fraction of sp³-hybridized carbons (Fsp3) is 0.0789. The van der Waals surface area contributed by atoms with Gasteiger partial charge in [0, 0.05) is 38.6 Å². The number of rotatable bonds is 9. The number of hydrogen-bond donors (Lipinski definition) is 0. The van der Waals surface area contributed by atoms with Crippen LogP contribution in [0.3, 0.4) is 0 Å². The predicted molar refractivity (Wildman–Crippen MR) is 341 cm³/mol.